The van der Waals surface area contributed by atoms with Crippen LogP contribution in [0.1, 0.15) is 18.1 Å². The zero-order chi connectivity index (χ0) is 26.7. The highest BCUT2D eigenvalue weighted by Crippen LogP contribution is 2.20. The number of aliphatic carboxylic acids is 1. The third kappa shape index (κ3) is 7.67. The second-order valence-corrected chi connectivity index (χ2v) is 8.55. The van der Waals surface area contributed by atoms with Gasteiger partial charge in [-0.1, -0.05) is 71.9 Å². The summed E-state index contributed by atoms with van der Waals surface area (Å²) in [5.41, 5.74) is 4.81. The average molecular weight is 514 g/mol. The van der Waals surface area contributed by atoms with E-state index < -0.39 is 17.9 Å². The number of hydrogen-bond acceptors (Lipinski definition) is 5. The monoisotopic (exact) mass is 513 g/mol. The van der Waals surface area contributed by atoms with Crippen molar-refractivity contribution in [3.05, 3.63) is 120 Å². The molecule has 0 bridgehead atoms. The van der Waals surface area contributed by atoms with Crippen LogP contribution in [-0.2, 0) is 16.1 Å². The fraction of sp³-hybridized carbons (Fsp3) is 0.161. The van der Waals surface area contributed by atoms with Crippen molar-refractivity contribution in [3.8, 4) is 22.6 Å². The van der Waals surface area contributed by atoms with Crippen molar-refractivity contribution < 1.29 is 28.6 Å². The summed E-state index contributed by atoms with van der Waals surface area (Å²) >= 11 is 0. The number of nitrogens with zero attached hydrogens (tertiary/aromatic N) is 1. The number of rotatable bonds is 12. The Morgan fingerprint density at radius 2 is 1.45 bits per heavy atom. The lowest BCUT2D eigenvalue weighted by Crippen LogP contribution is -2.29. The zero-order valence-electron chi connectivity index (χ0n) is 20.9. The molecule has 0 radical (unpaired) electrons. The van der Waals surface area contributed by atoms with Crippen molar-refractivity contribution in [1.82, 2.24) is 0 Å². The van der Waals surface area contributed by atoms with Gasteiger partial charge in [0.1, 0.15) is 23.9 Å². The van der Waals surface area contributed by atoms with Gasteiger partial charge in [-0.15, -0.1) is 0 Å². The van der Waals surface area contributed by atoms with Crippen LogP contribution in [0, 0.1) is 5.82 Å². The number of carboxylic acid groups (broad SMARTS) is 1. The molecule has 1 atom stereocenters. The van der Waals surface area contributed by atoms with E-state index in [2.05, 4.69) is 29.4 Å². The molecule has 0 aliphatic heterocycles. The number of carboxylic acids is 1. The van der Waals surface area contributed by atoms with Gasteiger partial charge in [-0.3, -0.25) is 0 Å². The predicted molar refractivity (Wildman–Crippen MR) is 144 cm³/mol. The maximum Gasteiger partial charge on any atom is 0.345 e. The van der Waals surface area contributed by atoms with Gasteiger partial charge in [0.2, 0.25) is 0 Å². The summed E-state index contributed by atoms with van der Waals surface area (Å²) in [6.07, 6.45) is -0.951. The highest BCUT2D eigenvalue weighted by Gasteiger charge is 2.20. The Morgan fingerprint density at radius 3 is 2.11 bits per heavy atom. The molecule has 0 saturated heterocycles. The number of halogens is 1. The van der Waals surface area contributed by atoms with Gasteiger partial charge in [0.25, 0.3) is 0 Å². The number of benzene rings is 4. The molecule has 0 fully saturated rings. The van der Waals surface area contributed by atoms with E-state index in [1.165, 1.54) is 24.3 Å². The minimum Gasteiger partial charge on any atom is -0.490 e. The lowest BCUT2D eigenvalue weighted by Gasteiger charge is -2.15. The van der Waals surface area contributed by atoms with Gasteiger partial charge >= 0.3 is 5.97 Å². The molecule has 4 aromatic carbocycles. The van der Waals surface area contributed by atoms with E-state index in [0.717, 1.165) is 28.0 Å². The van der Waals surface area contributed by atoms with Crippen molar-refractivity contribution in [2.24, 2.45) is 5.16 Å². The summed E-state index contributed by atoms with van der Waals surface area (Å²) in [6.45, 7) is 2.46. The first-order valence-corrected chi connectivity index (χ1v) is 12.2. The van der Waals surface area contributed by atoms with E-state index in [4.69, 9.17) is 14.3 Å². The molecule has 6 nitrogen and oxygen atoms in total. The first-order chi connectivity index (χ1) is 18.5. The molecule has 0 saturated carbocycles. The maximum absolute atomic E-state index is 13.1. The van der Waals surface area contributed by atoms with Crippen molar-refractivity contribution in [3.63, 3.8) is 0 Å². The van der Waals surface area contributed by atoms with Crippen molar-refractivity contribution in [1.29, 1.82) is 0 Å². The normalized spacial score (nSPS) is 12.0. The lowest BCUT2D eigenvalue weighted by molar-refractivity contribution is -0.145. The van der Waals surface area contributed by atoms with Gasteiger partial charge in [-0.2, -0.15) is 0 Å². The molecule has 0 spiro atoms. The molecular formula is C31H28FNO5. The van der Waals surface area contributed by atoms with Gasteiger partial charge in [0.15, 0.2) is 12.7 Å². The molecule has 0 aromatic heterocycles. The van der Waals surface area contributed by atoms with Gasteiger partial charge < -0.3 is 19.4 Å². The average Bonchev–Trinajstić information content (AvgIpc) is 2.95. The molecule has 38 heavy (non-hydrogen) atoms. The van der Waals surface area contributed by atoms with Crippen LogP contribution in [0.4, 0.5) is 4.39 Å². The Kier molecular flexibility index (Phi) is 9.07. The fourth-order valence-electron chi connectivity index (χ4n) is 3.72. The summed E-state index contributed by atoms with van der Waals surface area (Å²) in [7, 11) is 0. The molecule has 0 amide bonds. The van der Waals surface area contributed by atoms with E-state index in [9.17, 15) is 14.3 Å². The lowest BCUT2D eigenvalue weighted by atomic mass is 10.0. The van der Waals surface area contributed by atoms with E-state index in [0.29, 0.717) is 18.1 Å². The molecule has 0 heterocycles. The summed E-state index contributed by atoms with van der Waals surface area (Å²) in [4.78, 5) is 17.0. The number of oxime groups is 1. The van der Waals surface area contributed by atoms with Crippen molar-refractivity contribution >= 4 is 11.7 Å². The molecule has 7 heteroatoms. The van der Waals surface area contributed by atoms with Crippen LogP contribution in [0.2, 0.25) is 0 Å². The standard InChI is InChI=1S/C31H28FNO5/c1-22(24-9-11-26(12-10-24)25-5-3-2-4-6-25)33-37-20-19-36-28-15-7-23(8-16-28)21-30(31(34)35)38-29-17-13-27(32)14-18-29/h2-18,30H,19-21H2,1H3,(H,34,35)/b33-22-. The Labute approximate surface area is 220 Å². The van der Waals surface area contributed by atoms with Crippen LogP contribution < -0.4 is 9.47 Å². The largest absolute Gasteiger partial charge is 0.490 e. The van der Waals surface area contributed by atoms with Crippen LogP contribution in [0.15, 0.2) is 108 Å². The van der Waals surface area contributed by atoms with E-state index in [1.807, 2.05) is 37.3 Å². The Hall–Kier alpha value is -4.65. The summed E-state index contributed by atoms with van der Waals surface area (Å²) in [6, 6.07) is 30.6. The quantitative estimate of drug-likeness (QED) is 0.135. The SMILES string of the molecule is C/C(=N/OCCOc1ccc(CC(Oc2ccc(F)cc2)C(=O)O)cc1)c1ccc(-c2ccccc2)cc1. The van der Waals surface area contributed by atoms with Crippen LogP contribution in [0.25, 0.3) is 11.1 Å². The molecule has 4 aromatic rings. The highest BCUT2D eigenvalue weighted by molar-refractivity contribution is 5.98. The first kappa shape index (κ1) is 26.4. The third-order valence-electron chi connectivity index (χ3n) is 5.77. The molecule has 1 N–H and O–H groups in total. The number of carbonyl (C=O) groups is 1. The van der Waals surface area contributed by atoms with Crippen LogP contribution in [0.3, 0.4) is 0 Å². The molecule has 0 aliphatic carbocycles. The minimum atomic E-state index is -1.10. The van der Waals surface area contributed by atoms with Gasteiger partial charge in [-0.05, 0) is 65.6 Å². The number of ether oxygens (including phenoxy) is 2. The highest BCUT2D eigenvalue weighted by atomic mass is 19.1. The molecular weight excluding hydrogens is 485 g/mol. The number of hydrogen-bond donors (Lipinski definition) is 1. The van der Waals surface area contributed by atoms with Gasteiger partial charge in [0.05, 0.1) is 5.71 Å². The predicted octanol–water partition coefficient (Wildman–Crippen LogP) is 6.39. The smallest absolute Gasteiger partial charge is 0.345 e. The third-order valence-corrected chi connectivity index (χ3v) is 5.77. The van der Waals surface area contributed by atoms with E-state index in [1.54, 1.807) is 24.3 Å². The van der Waals surface area contributed by atoms with Crippen LogP contribution in [0.5, 0.6) is 11.5 Å². The summed E-state index contributed by atoms with van der Waals surface area (Å²) < 4.78 is 24.3. The van der Waals surface area contributed by atoms with Crippen molar-refractivity contribution in [2.45, 2.75) is 19.4 Å². The van der Waals surface area contributed by atoms with Gasteiger partial charge in [0, 0.05) is 6.42 Å². The Balaban J connectivity index is 1.21. The second-order valence-electron chi connectivity index (χ2n) is 8.55. The van der Waals surface area contributed by atoms with E-state index in [-0.39, 0.29) is 13.0 Å². The van der Waals surface area contributed by atoms with E-state index >= 15 is 0 Å². The van der Waals surface area contributed by atoms with Crippen LogP contribution in [-0.4, -0.2) is 36.1 Å². The molecule has 0 aliphatic rings. The minimum absolute atomic E-state index is 0.149. The fourth-order valence-corrected chi connectivity index (χ4v) is 3.72. The molecule has 4 rings (SSSR count). The molecule has 1 unspecified atom stereocenters. The maximum atomic E-state index is 13.1. The molecule has 194 valence electrons. The zero-order valence-corrected chi connectivity index (χ0v) is 20.9. The first-order valence-electron chi connectivity index (χ1n) is 12.2. The Bertz CT molecular complexity index is 1340. The Morgan fingerprint density at radius 1 is 0.816 bits per heavy atom. The van der Waals surface area contributed by atoms with Gasteiger partial charge in [-0.25, -0.2) is 9.18 Å². The topological polar surface area (TPSA) is 77.3 Å². The summed E-state index contributed by atoms with van der Waals surface area (Å²) in [5.74, 6) is -0.600. The second kappa shape index (κ2) is 13.1. The summed E-state index contributed by atoms with van der Waals surface area (Å²) in [5, 5.41) is 13.7. The van der Waals surface area contributed by atoms with Crippen LogP contribution >= 0.6 is 0 Å². The van der Waals surface area contributed by atoms with Crippen molar-refractivity contribution in [2.75, 3.05) is 13.2 Å².